The van der Waals surface area contributed by atoms with Gasteiger partial charge in [-0.15, -0.1) is 0 Å². The van der Waals surface area contributed by atoms with Crippen LogP contribution in [0.4, 0.5) is 0 Å². The number of cyclic esters (lactones) is 1. The Balaban J connectivity index is 1.76. The number of esters is 1. The van der Waals surface area contributed by atoms with Gasteiger partial charge in [-0.3, -0.25) is 9.69 Å². The number of hydrogen-bond donors (Lipinski definition) is 0. The molecule has 2 atom stereocenters. The summed E-state index contributed by atoms with van der Waals surface area (Å²) in [6.45, 7) is 3.87. The fourth-order valence-electron chi connectivity index (χ4n) is 3.10. The van der Waals surface area contributed by atoms with E-state index in [1.54, 1.807) is 0 Å². The van der Waals surface area contributed by atoms with Gasteiger partial charge >= 0.3 is 5.97 Å². The molecule has 3 nitrogen and oxygen atoms in total. The van der Waals surface area contributed by atoms with Gasteiger partial charge in [0.25, 0.3) is 0 Å². The average Bonchev–Trinajstić information content (AvgIpc) is 3.02. The van der Waals surface area contributed by atoms with Crippen LogP contribution in [-0.2, 0) is 22.6 Å². The fraction of sp³-hybridized carbons (Fsp3) is 0.350. The molecule has 2 aromatic rings. The molecule has 1 saturated heterocycles. The Labute approximate surface area is 137 Å². The van der Waals surface area contributed by atoms with E-state index in [4.69, 9.17) is 4.74 Å². The normalized spacial score (nSPS) is 18.9. The van der Waals surface area contributed by atoms with Crippen molar-refractivity contribution in [3.63, 3.8) is 0 Å². The maximum absolute atomic E-state index is 11.5. The minimum Gasteiger partial charge on any atom is -0.461 e. The Morgan fingerprint density at radius 3 is 1.96 bits per heavy atom. The van der Waals surface area contributed by atoms with Crippen molar-refractivity contribution in [3.8, 4) is 0 Å². The molecular formula is C20H23NO2. The van der Waals surface area contributed by atoms with Crippen molar-refractivity contribution in [1.29, 1.82) is 0 Å². The minimum absolute atomic E-state index is 0.00470. The van der Waals surface area contributed by atoms with Crippen LogP contribution >= 0.6 is 0 Å². The Hall–Kier alpha value is -2.13. The summed E-state index contributed by atoms with van der Waals surface area (Å²) in [6, 6.07) is 21.1. The number of carbonyl (C=O) groups excluding carboxylic acids is 1. The first-order valence-electron chi connectivity index (χ1n) is 8.24. The molecule has 2 aromatic carbocycles. The predicted octanol–water partition coefficient (Wildman–Crippen LogP) is 3.78. The van der Waals surface area contributed by atoms with E-state index in [0.717, 1.165) is 19.5 Å². The summed E-state index contributed by atoms with van der Waals surface area (Å²) in [4.78, 5) is 13.9. The standard InChI is InChI=1S/C20H23NO2/c1-16(19-12-13-20(22)23-19)21(14-17-8-4-2-5-9-17)15-18-10-6-3-7-11-18/h2-11,16,19H,12-15H2,1H3/t16-,19-/m0/s1. The molecule has 0 spiro atoms. The highest BCUT2D eigenvalue weighted by Crippen LogP contribution is 2.23. The maximum Gasteiger partial charge on any atom is 0.306 e. The molecule has 120 valence electrons. The van der Waals surface area contributed by atoms with Crippen molar-refractivity contribution in [1.82, 2.24) is 4.90 Å². The largest absolute Gasteiger partial charge is 0.461 e. The Morgan fingerprint density at radius 2 is 1.52 bits per heavy atom. The second kappa shape index (κ2) is 7.42. The van der Waals surface area contributed by atoms with Gasteiger partial charge in [-0.2, -0.15) is 0 Å². The lowest BCUT2D eigenvalue weighted by Gasteiger charge is -2.32. The first-order valence-corrected chi connectivity index (χ1v) is 8.24. The second-order valence-corrected chi connectivity index (χ2v) is 6.18. The van der Waals surface area contributed by atoms with Crippen molar-refractivity contribution in [2.24, 2.45) is 0 Å². The van der Waals surface area contributed by atoms with Crippen LogP contribution in [-0.4, -0.2) is 23.0 Å². The third-order valence-electron chi connectivity index (χ3n) is 4.49. The van der Waals surface area contributed by atoms with Crippen molar-refractivity contribution >= 4 is 5.97 Å². The molecule has 3 rings (SSSR count). The molecule has 0 unspecified atom stereocenters. The van der Waals surface area contributed by atoms with Crippen LogP contribution in [0.5, 0.6) is 0 Å². The van der Waals surface area contributed by atoms with E-state index in [1.807, 2.05) is 12.1 Å². The van der Waals surface area contributed by atoms with E-state index in [0.29, 0.717) is 6.42 Å². The van der Waals surface area contributed by atoms with Gasteiger partial charge in [0.15, 0.2) is 0 Å². The second-order valence-electron chi connectivity index (χ2n) is 6.18. The number of nitrogens with zero attached hydrogens (tertiary/aromatic N) is 1. The van der Waals surface area contributed by atoms with E-state index in [9.17, 15) is 4.79 Å². The number of hydrogen-bond acceptors (Lipinski definition) is 3. The van der Waals surface area contributed by atoms with E-state index < -0.39 is 0 Å². The molecule has 1 aliphatic rings. The molecule has 0 radical (unpaired) electrons. The summed E-state index contributed by atoms with van der Waals surface area (Å²) >= 11 is 0. The summed E-state index contributed by atoms with van der Waals surface area (Å²) < 4.78 is 5.50. The lowest BCUT2D eigenvalue weighted by molar-refractivity contribution is -0.143. The van der Waals surface area contributed by atoms with E-state index in [1.165, 1.54) is 11.1 Å². The summed E-state index contributed by atoms with van der Waals surface area (Å²) in [7, 11) is 0. The minimum atomic E-state index is -0.0683. The molecule has 3 heteroatoms. The molecule has 0 aliphatic carbocycles. The van der Waals surface area contributed by atoms with Crippen molar-refractivity contribution in [2.45, 2.75) is 45.0 Å². The summed E-state index contributed by atoms with van der Waals surface area (Å²) in [5, 5.41) is 0. The van der Waals surface area contributed by atoms with Gasteiger partial charge in [0.1, 0.15) is 6.10 Å². The first kappa shape index (κ1) is 15.8. The molecule has 1 heterocycles. The zero-order valence-corrected chi connectivity index (χ0v) is 13.5. The molecule has 0 amide bonds. The van der Waals surface area contributed by atoms with Crippen LogP contribution in [0, 0.1) is 0 Å². The SMILES string of the molecule is C[C@@H]([C@@H]1CCC(=O)O1)N(Cc1ccccc1)Cc1ccccc1. The van der Waals surface area contributed by atoms with Gasteiger partial charge in [-0.25, -0.2) is 0 Å². The summed E-state index contributed by atoms with van der Waals surface area (Å²) in [5.74, 6) is -0.0683. The fourth-order valence-corrected chi connectivity index (χ4v) is 3.10. The van der Waals surface area contributed by atoms with Crippen molar-refractivity contribution < 1.29 is 9.53 Å². The van der Waals surface area contributed by atoms with E-state index in [-0.39, 0.29) is 18.1 Å². The molecule has 23 heavy (non-hydrogen) atoms. The lowest BCUT2D eigenvalue weighted by Crippen LogP contribution is -2.40. The van der Waals surface area contributed by atoms with Gasteiger partial charge in [0, 0.05) is 25.6 Å². The zero-order valence-electron chi connectivity index (χ0n) is 13.5. The average molecular weight is 309 g/mol. The first-order chi connectivity index (χ1) is 11.2. The highest BCUT2D eigenvalue weighted by molar-refractivity contribution is 5.71. The monoisotopic (exact) mass is 309 g/mol. The number of ether oxygens (including phenoxy) is 1. The zero-order chi connectivity index (χ0) is 16.1. The third-order valence-corrected chi connectivity index (χ3v) is 4.49. The third kappa shape index (κ3) is 4.20. The highest BCUT2D eigenvalue weighted by Gasteiger charge is 2.31. The molecule has 0 bridgehead atoms. The smallest absolute Gasteiger partial charge is 0.306 e. The number of carbonyl (C=O) groups is 1. The van der Waals surface area contributed by atoms with Crippen LogP contribution in [0.1, 0.15) is 30.9 Å². The van der Waals surface area contributed by atoms with Crippen LogP contribution in [0.15, 0.2) is 60.7 Å². The van der Waals surface area contributed by atoms with Gasteiger partial charge in [0.05, 0.1) is 0 Å². The molecule has 1 aliphatic heterocycles. The van der Waals surface area contributed by atoms with Crippen LogP contribution < -0.4 is 0 Å². The van der Waals surface area contributed by atoms with Crippen LogP contribution in [0.3, 0.4) is 0 Å². The Kier molecular flexibility index (Phi) is 5.09. The Morgan fingerprint density at radius 1 is 1.00 bits per heavy atom. The highest BCUT2D eigenvalue weighted by atomic mass is 16.5. The molecule has 0 N–H and O–H groups in total. The Bertz CT molecular complexity index is 585. The van der Waals surface area contributed by atoms with Crippen LogP contribution in [0.2, 0.25) is 0 Å². The molecule has 0 aromatic heterocycles. The van der Waals surface area contributed by atoms with Gasteiger partial charge in [-0.05, 0) is 24.5 Å². The summed E-state index contributed by atoms with van der Waals surface area (Å²) in [6.07, 6.45) is 1.36. The van der Waals surface area contributed by atoms with E-state index >= 15 is 0 Å². The maximum atomic E-state index is 11.5. The van der Waals surface area contributed by atoms with Crippen LogP contribution in [0.25, 0.3) is 0 Å². The van der Waals surface area contributed by atoms with Gasteiger partial charge in [0.2, 0.25) is 0 Å². The molecule has 1 fully saturated rings. The molecule has 0 saturated carbocycles. The van der Waals surface area contributed by atoms with Gasteiger partial charge in [-0.1, -0.05) is 60.7 Å². The summed E-state index contributed by atoms with van der Waals surface area (Å²) in [5.41, 5.74) is 2.55. The number of benzene rings is 2. The van der Waals surface area contributed by atoms with Gasteiger partial charge < -0.3 is 4.74 Å². The van der Waals surface area contributed by atoms with Crippen molar-refractivity contribution in [3.05, 3.63) is 71.8 Å². The molecular weight excluding hydrogens is 286 g/mol. The predicted molar refractivity (Wildman–Crippen MR) is 90.7 cm³/mol. The van der Waals surface area contributed by atoms with E-state index in [2.05, 4.69) is 60.4 Å². The van der Waals surface area contributed by atoms with Crippen molar-refractivity contribution in [2.75, 3.05) is 0 Å². The number of rotatable bonds is 6. The topological polar surface area (TPSA) is 29.5 Å². The lowest BCUT2D eigenvalue weighted by atomic mass is 10.1. The quantitative estimate of drug-likeness (QED) is 0.761.